The minimum absolute atomic E-state index is 0.000282. The van der Waals surface area contributed by atoms with E-state index in [2.05, 4.69) is 55.4 Å². The Kier molecular flexibility index (Phi) is 9.60. The molecule has 1 amide bonds. The van der Waals surface area contributed by atoms with E-state index < -0.39 is 6.29 Å². The Morgan fingerprint density at radius 2 is 1.53 bits per heavy atom. The van der Waals surface area contributed by atoms with E-state index in [1.54, 1.807) is 0 Å². The second kappa shape index (κ2) is 14.5. The number of nitrogens with zero attached hydrogens (tertiary/aromatic N) is 4. The second-order valence-corrected chi connectivity index (χ2v) is 12.2. The quantitative estimate of drug-likeness (QED) is 0.213. The van der Waals surface area contributed by atoms with Crippen LogP contribution in [0.5, 0.6) is 0 Å². The van der Waals surface area contributed by atoms with Gasteiger partial charge in [-0.2, -0.15) is 0 Å². The zero-order chi connectivity index (χ0) is 32.0. The van der Waals surface area contributed by atoms with E-state index in [9.17, 15) is 9.90 Å². The number of hydrogen-bond acceptors (Lipinski definition) is 8. The van der Waals surface area contributed by atoms with Crippen molar-refractivity contribution in [2.75, 3.05) is 38.0 Å². The first-order valence-corrected chi connectivity index (χ1v) is 16.2. The van der Waals surface area contributed by atoms with Gasteiger partial charge >= 0.3 is 0 Å². The summed E-state index contributed by atoms with van der Waals surface area (Å²) < 4.78 is 13.2. The van der Waals surface area contributed by atoms with Gasteiger partial charge in [0.1, 0.15) is 5.69 Å². The van der Waals surface area contributed by atoms with Gasteiger partial charge in [-0.25, -0.2) is 4.98 Å². The Morgan fingerprint density at radius 3 is 2.32 bits per heavy atom. The van der Waals surface area contributed by atoms with Crippen LogP contribution in [0.1, 0.15) is 51.6 Å². The molecule has 0 unspecified atom stereocenters. The lowest BCUT2D eigenvalue weighted by molar-refractivity contribution is -0.253. The number of nitrogens with one attached hydrogen (secondary N) is 1. The van der Waals surface area contributed by atoms with Gasteiger partial charge in [0.15, 0.2) is 6.29 Å². The normalized spacial score (nSPS) is 20.7. The average Bonchev–Trinajstić information content (AvgIpc) is 3.12. The van der Waals surface area contributed by atoms with Gasteiger partial charge in [0.05, 0.1) is 36.0 Å². The lowest BCUT2D eigenvalue weighted by Crippen LogP contribution is -2.49. The minimum Gasteiger partial charge on any atom is -0.392 e. The molecule has 9 nitrogen and oxygen atoms in total. The number of ether oxygens (including phenoxy) is 2. The van der Waals surface area contributed by atoms with E-state index >= 15 is 0 Å². The molecule has 2 saturated heterocycles. The molecule has 0 bridgehead atoms. The predicted molar refractivity (Wildman–Crippen MR) is 181 cm³/mol. The van der Waals surface area contributed by atoms with Crippen molar-refractivity contribution in [3.8, 4) is 0 Å². The maximum absolute atomic E-state index is 13.1. The van der Waals surface area contributed by atoms with Crippen molar-refractivity contribution in [1.29, 1.82) is 0 Å². The molecule has 2 aliphatic heterocycles. The Balaban J connectivity index is 1.05. The number of para-hydroxylation sites is 2. The highest BCUT2D eigenvalue weighted by atomic mass is 16.7. The van der Waals surface area contributed by atoms with E-state index in [0.29, 0.717) is 11.2 Å². The summed E-state index contributed by atoms with van der Waals surface area (Å²) in [6.07, 6.45) is 1.36. The molecule has 240 valence electrons. The summed E-state index contributed by atoms with van der Waals surface area (Å²) in [4.78, 5) is 27.0. The number of carbonyl (C=O) groups excluding carboxylic acids is 1. The summed E-state index contributed by atoms with van der Waals surface area (Å²) >= 11 is 0. The van der Waals surface area contributed by atoms with Crippen LogP contribution in [-0.2, 0) is 22.6 Å². The summed E-state index contributed by atoms with van der Waals surface area (Å²) in [6.45, 7) is 5.76. The summed E-state index contributed by atoms with van der Waals surface area (Å²) in [5.74, 6) is -0.336. The van der Waals surface area contributed by atoms with Crippen LogP contribution in [0, 0.1) is 0 Å². The number of carbonyl (C=O) groups is 1. The number of rotatable bonds is 9. The van der Waals surface area contributed by atoms with Crippen LogP contribution in [0.25, 0.3) is 11.0 Å². The smallest absolute Gasteiger partial charge is 0.275 e. The summed E-state index contributed by atoms with van der Waals surface area (Å²) in [5, 5.41) is 12.5. The Hall–Kier alpha value is -4.51. The van der Waals surface area contributed by atoms with Gasteiger partial charge in [0.2, 0.25) is 0 Å². The number of anilines is 1. The highest BCUT2D eigenvalue weighted by Crippen LogP contribution is 2.39. The first-order valence-electron chi connectivity index (χ1n) is 16.2. The average molecular weight is 630 g/mol. The fourth-order valence-corrected chi connectivity index (χ4v) is 6.32. The zero-order valence-corrected chi connectivity index (χ0v) is 26.2. The van der Waals surface area contributed by atoms with E-state index in [-0.39, 0.29) is 30.4 Å². The molecule has 0 saturated carbocycles. The molecule has 9 heteroatoms. The fraction of sp³-hybridized carbons (Fsp3) is 0.289. The van der Waals surface area contributed by atoms with Crippen molar-refractivity contribution in [3.05, 3.63) is 137 Å². The van der Waals surface area contributed by atoms with Crippen molar-refractivity contribution in [2.24, 2.45) is 0 Å². The molecule has 4 aromatic carbocycles. The van der Waals surface area contributed by atoms with Crippen molar-refractivity contribution >= 4 is 22.6 Å². The number of amides is 1. The van der Waals surface area contributed by atoms with E-state index in [4.69, 9.17) is 9.47 Å². The van der Waals surface area contributed by atoms with Gasteiger partial charge in [-0.05, 0) is 41.0 Å². The Morgan fingerprint density at radius 1 is 0.787 bits per heavy atom. The van der Waals surface area contributed by atoms with E-state index in [0.717, 1.165) is 67.9 Å². The van der Waals surface area contributed by atoms with Gasteiger partial charge in [0.25, 0.3) is 5.91 Å². The number of piperazine rings is 1. The van der Waals surface area contributed by atoms with Gasteiger partial charge in [-0.1, -0.05) is 78.9 Å². The predicted octanol–water partition coefficient (Wildman–Crippen LogP) is 5.74. The standard InChI is InChI=1S/C38H39N5O4/c44-26-28-13-15-29(16-14-28)36-22-32(25-43-19-17-42(18-20-43)24-27-7-2-1-3-8-27)46-38(47-36)30-9-6-10-31(21-30)40-37(45)35-23-39-33-11-4-5-12-34(33)41-35/h1-16,21,23,32,36,38,44H,17-20,22,24-26H2,(H,40,45)/t32-,36+,38+/m0/s1. The molecule has 7 rings (SSSR count). The summed E-state index contributed by atoms with van der Waals surface area (Å²) in [7, 11) is 0. The molecule has 2 fully saturated rings. The fourth-order valence-electron chi connectivity index (χ4n) is 6.32. The van der Waals surface area contributed by atoms with Crippen molar-refractivity contribution < 1.29 is 19.4 Å². The van der Waals surface area contributed by atoms with Crippen LogP contribution < -0.4 is 5.32 Å². The third kappa shape index (κ3) is 7.73. The molecule has 0 aliphatic carbocycles. The minimum atomic E-state index is -0.618. The third-order valence-corrected chi connectivity index (χ3v) is 8.89. The SMILES string of the molecule is O=C(Nc1cccc([C@@H]2O[C@H](CN3CCN(Cc4ccccc4)CC3)C[C@H](c3ccc(CO)cc3)O2)c1)c1cnc2ccccc2n1. The van der Waals surface area contributed by atoms with E-state index in [1.165, 1.54) is 11.8 Å². The zero-order valence-electron chi connectivity index (χ0n) is 26.2. The van der Waals surface area contributed by atoms with Crippen molar-refractivity contribution in [3.63, 3.8) is 0 Å². The third-order valence-electron chi connectivity index (χ3n) is 8.89. The topological polar surface area (TPSA) is 100 Å². The largest absolute Gasteiger partial charge is 0.392 e. The summed E-state index contributed by atoms with van der Waals surface area (Å²) in [6, 6.07) is 33.6. The van der Waals surface area contributed by atoms with Crippen molar-refractivity contribution in [1.82, 2.24) is 19.8 Å². The highest BCUT2D eigenvalue weighted by Gasteiger charge is 2.34. The molecule has 2 aliphatic rings. The van der Waals surface area contributed by atoms with Crippen LogP contribution >= 0.6 is 0 Å². The van der Waals surface area contributed by atoms with Crippen LogP contribution in [0.2, 0.25) is 0 Å². The van der Waals surface area contributed by atoms with Crippen LogP contribution in [0.4, 0.5) is 5.69 Å². The number of aliphatic hydroxyl groups excluding tert-OH is 1. The molecule has 1 aromatic heterocycles. The van der Waals surface area contributed by atoms with Gasteiger partial charge in [-0.15, -0.1) is 0 Å². The van der Waals surface area contributed by atoms with Gasteiger partial charge < -0.3 is 19.9 Å². The van der Waals surface area contributed by atoms with Crippen LogP contribution in [0.3, 0.4) is 0 Å². The molecular formula is C38H39N5O4. The van der Waals surface area contributed by atoms with Crippen molar-refractivity contribution in [2.45, 2.75) is 38.1 Å². The maximum Gasteiger partial charge on any atom is 0.275 e. The molecule has 0 spiro atoms. The monoisotopic (exact) mass is 629 g/mol. The molecule has 0 radical (unpaired) electrons. The van der Waals surface area contributed by atoms with Gasteiger partial charge in [0, 0.05) is 56.9 Å². The Bertz CT molecular complexity index is 1790. The number of aliphatic hydroxyl groups is 1. The Labute approximate surface area is 274 Å². The van der Waals surface area contributed by atoms with Crippen LogP contribution in [-0.4, -0.2) is 69.6 Å². The number of aromatic nitrogens is 2. The molecule has 5 aromatic rings. The van der Waals surface area contributed by atoms with Crippen LogP contribution in [0.15, 0.2) is 109 Å². The number of benzene rings is 4. The molecule has 47 heavy (non-hydrogen) atoms. The first kappa shape index (κ1) is 31.1. The molecule has 2 N–H and O–H groups in total. The molecule has 3 heterocycles. The lowest BCUT2D eigenvalue weighted by Gasteiger charge is -2.41. The maximum atomic E-state index is 13.1. The van der Waals surface area contributed by atoms with Gasteiger partial charge in [-0.3, -0.25) is 19.6 Å². The van der Waals surface area contributed by atoms with E-state index in [1.807, 2.05) is 72.8 Å². The number of fused-ring (bicyclic) bond motifs is 1. The lowest BCUT2D eigenvalue weighted by atomic mass is 9.99. The number of hydrogen-bond donors (Lipinski definition) is 2. The summed E-state index contributed by atoms with van der Waals surface area (Å²) in [5.41, 5.74) is 6.34. The molecular weight excluding hydrogens is 590 g/mol. The second-order valence-electron chi connectivity index (χ2n) is 12.2. The molecule has 3 atom stereocenters. The first-order chi connectivity index (χ1) is 23.1. The highest BCUT2D eigenvalue weighted by molar-refractivity contribution is 6.03.